The number of nitrogens with one attached hydrogen (secondary N) is 2. The summed E-state index contributed by atoms with van der Waals surface area (Å²) in [5, 5.41) is 6.71. The van der Waals surface area contributed by atoms with Gasteiger partial charge in [0.1, 0.15) is 5.60 Å². The number of ether oxygens (including phenoxy) is 1. The Bertz CT molecular complexity index is 340. The van der Waals surface area contributed by atoms with E-state index in [9.17, 15) is 4.79 Å². The molecule has 0 bridgehead atoms. The van der Waals surface area contributed by atoms with Crippen LogP contribution < -0.4 is 16.4 Å². The first kappa shape index (κ1) is 19.2. The number of carbonyl (C=O) groups excluding carboxylic acids is 1. The Morgan fingerprint density at radius 2 is 1.68 bits per heavy atom. The molecule has 130 valence electrons. The summed E-state index contributed by atoms with van der Waals surface area (Å²) < 4.78 is 5.41. The van der Waals surface area contributed by atoms with Gasteiger partial charge in [-0.25, -0.2) is 4.79 Å². The van der Waals surface area contributed by atoms with E-state index in [2.05, 4.69) is 24.5 Å². The van der Waals surface area contributed by atoms with Crippen LogP contribution in [0.3, 0.4) is 0 Å². The topological polar surface area (TPSA) is 76.4 Å². The van der Waals surface area contributed by atoms with Crippen LogP contribution in [-0.4, -0.2) is 35.9 Å². The van der Waals surface area contributed by atoms with Gasteiger partial charge in [-0.1, -0.05) is 13.8 Å². The lowest BCUT2D eigenvalue weighted by molar-refractivity contribution is 0.0443. The van der Waals surface area contributed by atoms with E-state index < -0.39 is 5.60 Å². The van der Waals surface area contributed by atoms with Crippen molar-refractivity contribution in [3.05, 3.63) is 0 Å². The van der Waals surface area contributed by atoms with Crippen LogP contribution in [0.4, 0.5) is 4.79 Å². The zero-order valence-corrected chi connectivity index (χ0v) is 15.0. The summed E-state index contributed by atoms with van der Waals surface area (Å²) in [4.78, 5) is 12.1. The largest absolute Gasteiger partial charge is 0.444 e. The second-order valence-corrected chi connectivity index (χ2v) is 7.61. The fraction of sp³-hybridized carbons (Fsp3) is 0.941. The van der Waals surface area contributed by atoms with Gasteiger partial charge in [-0.15, -0.1) is 0 Å². The number of alkyl carbamates (subject to hydrolysis) is 1. The van der Waals surface area contributed by atoms with Gasteiger partial charge in [-0.05, 0) is 59.3 Å². The van der Waals surface area contributed by atoms with Gasteiger partial charge in [0.05, 0.1) is 5.54 Å². The molecule has 0 aromatic carbocycles. The molecule has 0 aromatic rings. The maximum absolute atomic E-state index is 12.1. The van der Waals surface area contributed by atoms with Crippen molar-refractivity contribution in [3.8, 4) is 0 Å². The molecule has 1 amide bonds. The van der Waals surface area contributed by atoms with Gasteiger partial charge in [0.25, 0.3) is 0 Å². The second kappa shape index (κ2) is 8.16. The van der Waals surface area contributed by atoms with Crippen LogP contribution in [0.1, 0.15) is 73.1 Å². The standard InChI is InChI=1S/C17H35N3O2/c1-6-17(7-2,20-15(21)22-16(3,4)5)12-19-14-10-8-13(18)9-11-14/h13-14,19H,6-12,18H2,1-5H3,(H,20,21). The van der Waals surface area contributed by atoms with Crippen molar-refractivity contribution in [1.82, 2.24) is 10.6 Å². The third-order valence-electron chi connectivity index (χ3n) is 4.62. The van der Waals surface area contributed by atoms with Crippen LogP contribution in [0, 0.1) is 0 Å². The molecule has 1 aliphatic carbocycles. The number of amides is 1. The number of rotatable bonds is 6. The SMILES string of the molecule is CCC(CC)(CNC1CCC(N)CC1)NC(=O)OC(C)(C)C. The van der Waals surface area contributed by atoms with E-state index in [0.29, 0.717) is 12.1 Å². The summed E-state index contributed by atoms with van der Waals surface area (Å²) >= 11 is 0. The lowest BCUT2D eigenvalue weighted by atomic mass is 9.89. The highest BCUT2D eigenvalue weighted by atomic mass is 16.6. The third kappa shape index (κ3) is 6.53. The van der Waals surface area contributed by atoms with Gasteiger partial charge in [0.15, 0.2) is 0 Å². The predicted molar refractivity (Wildman–Crippen MR) is 90.9 cm³/mol. The average molecular weight is 313 g/mol. The summed E-state index contributed by atoms with van der Waals surface area (Å²) in [6, 6.07) is 0.873. The zero-order chi connectivity index (χ0) is 16.8. The Kier molecular flexibility index (Phi) is 7.13. The quantitative estimate of drug-likeness (QED) is 0.704. The molecule has 1 rings (SSSR count). The van der Waals surface area contributed by atoms with Crippen molar-refractivity contribution in [2.45, 2.75) is 96.4 Å². The molecule has 0 aromatic heterocycles. The van der Waals surface area contributed by atoms with Crippen LogP contribution >= 0.6 is 0 Å². The smallest absolute Gasteiger partial charge is 0.408 e. The van der Waals surface area contributed by atoms with Gasteiger partial charge < -0.3 is 21.1 Å². The van der Waals surface area contributed by atoms with Crippen LogP contribution in [-0.2, 0) is 4.74 Å². The van der Waals surface area contributed by atoms with Crippen molar-refractivity contribution in [2.24, 2.45) is 5.73 Å². The van der Waals surface area contributed by atoms with Crippen molar-refractivity contribution in [1.29, 1.82) is 0 Å². The number of nitrogens with two attached hydrogens (primary N) is 1. The summed E-state index contributed by atoms with van der Waals surface area (Å²) in [6.07, 6.45) is 5.84. The number of carbonyl (C=O) groups is 1. The second-order valence-electron chi connectivity index (χ2n) is 7.61. The number of hydrogen-bond acceptors (Lipinski definition) is 4. The van der Waals surface area contributed by atoms with E-state index in [1.54, 1.807) is 0 Å². The van der Waals surface area contributed by atoms with Crippen molar-refractivity contribution < 1.29 is 9.53 Å². The summed E-state index contributed by atoms with van der Waals surface area (Å²) in [7, 11) is 0. The molecule has 0 saturated heterocycles. The Hall–Kier alpha value is -0.810. The van der Waals surface area contributed by atoms with E-state index in [-0.39, 0.29) is 11.6 Å². The van der Waals surface area contributed by atoms with Crippen molar-refractivity contribution >= 4 is 6.09 Å². The first-order chi connectivity index (χ1) is 10.2. The predicted octanol–water partition coefficient (Wildman–Crippen LogP) is 2.93. The lowest BCUT2D eigenvalue weighted by Gasteiger charge is -2.36. The lowest BCUT2D eigenvalue weighted by Crippen LogP contribution is -2.56. The fourth-order valence-corrected chi connectivity index (χ4v) is 2.90. The molecule has 1 fully saturated rings. The maximum atomic E-state index is 12.1. The number of hydrogen-bond donors (Lipinski definition) is 3. The highest BCUT2D eigenvalue weighted by molar-refractivity contribution is 5.68. The first-order valence-corrected chi connectivity index (χ1v) is 8.70. The van der Waals surface area contributed by atoms with E-state index in [4.69, 9.17) is 10.5 Å². The Morgan fingerprint density at radius 1 is 1.14 bits per heavy atom. The molecule has 0 aliphatic heterocycles. The van der Waals surface area contributed by atoms with E-state index in [1.165, 1.54) is 0 Å². The Morgan fingerprint density at radius 3 is 2.14 bits per heavy atom. The zero-order valence-electron chi connectivity index (χ0n) is 15.0. The van der Waals surface area contributed by atoms with Gasteiger partial charge in [0, 0.05) is 18.6 Å². The van der Waals surface area contributed by atoms with Gasteiger partial charge >= 0.3 is 6.09 Å². The van der Waals surface area contributed by atoms with Crippen LogP contribution in [0.15, 0.2) is 0 Å². The summed E-state index contributed by atoms with van der Waals surface area (Å²) in [5.41, 5.74) is 5.24. The minimum atomic E-state index is -0.468. The van der Waals surface area contributed by atoms with E-state index >= 15 is 0 Å². The third-order valence-corrected chi connectivity index (χ3v) is 4.62. The van der Waals surface area contributed by atoms with E-state index in [1.807, 2.05) is 20.8 Å². The molecule has 5 nitrogen and oxygen atoms in total. The highest BCUT2D eigenvalue weighted by Gasteiger charge is 2.31. The molecular weight excluding hydrogens is 278 g/mol. The molecule has 0 heterocycles. The minimum Gasteiger partial charge on any atom is -0.444 e. The Balaban J connectivity index is 2.53. The molecule has 5 heteroatoms. The van der Waals surface area contributed by atoms with Gasteiger partial charge in [-0.2, -0.15) is 0 Å². The van der Waals surface area contributed by atoms with Gasteiger partial charge in [0.2, 0.25) is 0 Å². The van der Waals surface area contributed by atoms with Gasteiger partial charge in [-0.3, -0.25) is 0 Å². The normalized spacial score (nSPS) is 23.2. The monoisotopic (exact) mass is 313 g/mol. The van der Waals surface area contributed by atoms with Crippen LogP contribution in [0.2, 0.25) is 0 Å². The molecule has 22 heavy (non-hydrogen) atoms. The first-order valence-electron chi connectivity index (χ1n) is 8.70. The molecule has 0 radical (unpaired) electrons. The average Bonchev–Trinajstić information content (AvgIpc) is 2.43. The minimum absolute atomic E-state index is 0.248. The fourth-order valence-electron chi connectivity index (χ4n) is 2.90. The molecule has 1 saturated carbocycles. The molecule has 0 atom stereocenters. The molecular formula is C17H35N3O2. The summed E-state index contributed by atoms with van der Waals surface area (Å²) in [6.45, 7) is 10.7. The Labute approximate surface area is 135 Å². The maximum Gasteiger partial charge on any atom is 0.408 e. The molecule has 1 aliphatic rings. The molecule has 0 spiro atoms. The summed E-state index contributed by atoms with van der Waals surface area (Å²) in [5.74, 6) is 0. The van der Waals surface area contributed by atoms with Crippen LogP contribution in [0.25, 0.3) is 0 Å². The van der Waals surface area contributed by atoms with Crippen molar-refractivity contribution in [3.63, 3.8) is 0 Å². The van der Waals surface area contributed by atoms with E-state index in [0.717, 1.165) is 45.1 Å². The van der Waals surface area contributed by atoms with Crippen LogP contribution in [0.5, 0.6) is 0 Å². The molecule has 4 N–H and O–H groups in total. The van der Waals surface area contributed by atoms with Crippen molar-refractivity contribution in [2.75, 3.05) is 6.54 Å². The molecule has 0 unspecified atom stereocenters. The highest BCUT2D eigenvalue weighted by Crippen LogP contribution is 2.20.